The van der Waals surface area contributed by atoms with Gasteiger partial charge in [0.25, 0.3) is 0 Å². The quantitative estimate of drug-likeness (QED) is 0.500. The van der Waals surface area contributed by atoms with Gasteiger partial charge in [0.1, 0.15) is 17.7 Å². The van der Waals surface area contributed by atoms with Crippen molar-refractivity contribution in [2.75, 3.05) is 6.61 Å². The molecule has 3 amide bonds. The van der Waals surface area contributed by atoms with Crippen LogP contribution in [0.5, 0.6) is 0 Å². The second-order valence-corrected chi connectivity index (χ2v) is 11.4. The fourth-order valence-electron chi connectivity index (χ4n) is 5.00. The zero-order valence-corrected chi connectivity index (χ0v) is 22.6. The first-order valence-corrected chi connectivity index (χ1v) is 13.2. The van der Waals surface area contributed by atoms with Crippen molar-refractivity contribution in [2.24, 2.45) is 5.92 Å². The Bertz CT molecular complexity index is 951. The molecule has 3 rings (SSSR count). The lowest BCUT2D eigenvalue weighted by atomic mass is 9.92. The third-order valence-electron chi connectivity index (χ3n) is 7.27. The molecule has 1 aromatic carbocycles. The number of nitrogens with one attached hydrogen (secondary N) is 2. The van der Waals surface area contributed by atoms with Crippen molar-refractivity contribution >= 4 is 17.9 Å². The van der Waals surface area contributed by atoms with Crippen molar-refractivity contribution in [3.05, 3.63) is 34.9 Å². The van der Waals surface area contributed by atoms with Crippen LogP contribution >= 0.6 is 0 Å². The third-order valence-corrected chi connectivity index (χ3v) is 7.27. The van der Waals surface area contributed by atoms with Crippen molar-refractivity contribution in [2.45, 2.75) is 110 Å². The number of hydrogen-bond donors (Lipinski definition) is 3. The Kier molecular flexibility index (Phi) is 9.03. The summed E-state index contributed by atoms with van der Waals surface area (Å²) >= 11 is 0. The molecule has 2 saturated carbocycles. The van der Waals surface area contributed by atoms with E-state index in [0.717, 1.165) is 48.8 Å². The van der Waals surface area contributed by atoms with Crippen LogP contribution in [0.15, 0.2) is 18.2 Å². The Morgan fingerprint density at radius 3 is 2.33 bits per heavy atom. The number of aliphatic hydroxyl groups is 1. The summed E-state index contributed by atoms with van der Waals surface area (Å²) in [4.78, 5) is 41.9. The summed E-state index contributed by atoms with van der Waals surface area (Å²) in [6.45, 7) is 10.6. The van der Waals surface area contributed by atoms with Crippen LogP contribution in [-0.2, 0) is 14.3 Å². The van der Waals surface area contributed by atoms with Crippen LogP contribution in [0.25, 0.3) is 0 Å². The van der Waals surface area contributed by atoms with Gasteiger partial charge in [-0.2, -0.15) is 0 Å². The summed E-state index contributed by atoms with van der Waals surface area (Å²) in [5, 5.41) is 15.8. The maximum atomic E-state index is 13.9. The van der Waals surface area contributed by atoms with E-state index >= 15 is 0 Å². The first-order valence-electron chi connectivity index (χ1n) is 13.2. The van der Waals surface area contributed by atoms with Crippen molar-refractivity contribution in [1.82, 2.24) is 15.5 Å². The molecule has 1 aromatic rings. The van der Waals surface area contributed by atoms with Gasteiger partial charge in [-0.25, -0.2) is 4.79 Å². The maximum absolute atomic E-state index is 13.9. The number of ether oxygens (including phenoxy) is 1. The standard InChI is InChI=1S/C28H43N3O5/c1-17-11-10-14-21(19(17)3)24(25(33)29-20-12-8-7-9-13-20)31(23-15-18(23)2)26(34)22(16-32)30-27(35)36-28(4,5)6/h10-11,14,18,20,22-24,32H,7-9,12-13,15-16H2,1-6H3,(H,29,33)(H,30,35). The van der Waals surface area contributed by atoms with Crippen LogP contribution in [0, 0.1) is 19.8 Å². The average Bonchev–Trinajstić information content (AvgIpc) is 3.52. The van der Waals surface area contributed by atoms with Gasteiger partial charge in [0, 0.05) is 12.1 Å². The van der Waals surface area contributed by atoms with Gasteiger partial charge in [0.15, 0.2) is 0 Å². The van der Waals surface area contributed by atoms with Crippen LogP contribution in [-0.4, -0.2) is 58.2 Å². The predicted octanol–water partition coefficient (Wildman–Crippen LogP) is 3.92. The molecular weight excluding hydrogens is 458 g/mol. The molecule has 0 heterocycles. The minimum atomic E-state index is -1.22. The highest BCUT2D eigenvalue weighted by molar-refractivity contribution is 5.93. The number of aryl methyl sites for hydroxylation is 1. The minimum Gasteiger partial charge on any atom is -0.444 e. The molecule has 2 aliphatic carbocycles. The van der Waals surface area contributed by atoms with Gasteiger partial charge in [-0.15, -0.1) is 0 Å². The van der Waals surface area contributed by atoms with E-state index in [1.54, 1.807) is 25.7 Å². The molecule has 8 heteroatoms. The van der Waals surface area contributed by atoms with Crippen molar-refractivity contribution in [3.8, 4) is 0 Å². The lowest BCUT2D eigenvalue weighted by Crippen LogP contribution is -2.56. The molecule has 0 saturated heterocycles. The molecule has 36 heavy (non-hydrogen) atoms. The van der Waals surface area contributed by atoms with Crippen LogP contribution in [0.2, 0.25) is 0 Å². The van der Waals surface area contributed by atoms with Gasteiger partial charge in [0.2, 0.25) is 11.8 Å². The normalized spacial score (nSPS) is 21.8. The van der Waals surface area contributed by atoms with E-state index in [9.17, 15) is 19.5 Å². The summed E-state index contributed by atoms with van der Waals surface area (Å²) in [5.74, 6) is -0.482. The van der Waals surface area contributed by atoms with Crippen molar-refractivity contribution in [3.63, 3.8) is 0 Å². The van der Waals surface area contributed by atoms with E-state index in [2.05, 4.69) is 10.6 Å². The first kappa shape index (κ1) is 28.0. The Morgan fingerprint density at radius 2 is 1.78 bits per heavy atom. The number of hydrogen-bond acceptors (Lipinski definition) is 5. The number of alkyl carbamates (subject to hydrolysis) is 1. The van der Waals surface area contributed by atoms with Crippen molar-refractivity contribution < 1.29 is 24.2 Å². The Morgan fingerprint density at radius 1 is 1.14 bits per heavy atom. The Labute approximate surface area is 215 Å². The van der Waals surface area contributed by atoms with Gasteiger partial charge < -0.3 is 25.4 Å². The van der Waals surface area contributed by atoms with Gasteiger partial charge >= 0.3 is 6.09 Å². The average molecular weight is 502 g/mol. The molecule has 0 aromatic heterocycles. The second-order valence-electron chi connectivity index (χ2n) is 11.4. The molecule has 2 fully saturated rings. The monoisotopic (exact) mass is 501 g/mol. The third kappa shape index (κ3) is 6.99. The van der Waals surface area contributed by atoms with E-state index in [4.69, 9.17) is 4.74 Å². The molecule has 4 atom stereocenters. The van der Waals surface area contributed by atoms with E-state index in [1.165, 1.54) is 6.42 Å². The van der Waals surface area contributed by atoms with Crippen LogP contribution in [0.3, 0.4) is 0 Å². The zero-order valence-electron chi connectivity index (χ0n) is 22.6. The molecule has 8 nitrogen and oxygen atoms in total. The molecule has 0 bridgehead atoms. The van der Waals surface area contributed by atoms with Crippen LogP contribution in [0.4, 0.5) is 4.79 Å². The minimum absolute atomic E-state index is 0.0842. The highest BCUT2D eigenvalue weighted by atomic mass is 16.6. The number of nitrogens with zero attached hydrogens (tertiary/aromatic N) is 1. The zero-order chi connectivity index (χ0) is 26.6. The van der Waals surface area contributed by atoms with E-state index in [-0.39, 0.29) is 23.9 Å². The summed E-state index contributed by atoms with van der Waals surface area (Å²) in [6.07, 6.45) is 5.16. The van der Waals surface area contributed by atoms with Gasteiger partial charge in [0.05, 0.1) is 6.61 Å². The lowest BCUT2D eigenvalue weighted by Gasteiger charge is -2.36. The van der Waals surface area contributed by atoms with Crippen molar-refractivity contribution in [1.29, 1.82) is 0 Å². The van der Waals surface area contributed by atoms with E-state index < -0.39 is 36.3 Å². The lowest BCUT2D eigenvalue weighted by molar-refractivity contribution is -0.144. The molecule has 4 unspecified atom stereocenters. The number of carbonyl (C=O) groups excluding carboxylic acids is 3. The summed E-state index contributed by atoms with van der Waals surface area (Å²) in [6, 6.07) is 3.64. The molecule has 3 N–H and O–H groups in total. The molecule has 0 aliphatic heterocycles. The Hall–Kier alpha value is -2.61. The number of rotatable bonds is 8. The number of benzene rings is 1. The Balaban J connectivity index is 1.96. The highest BCUT2D eigenvalue weighted by Gasteiger charge is 2.48. The maximum Gasteiger partial charge on any atom is 0.408 e. The second kappa shape index (κ2) is 11.6. The molecule has 2 aliphatic rings. The van der Waals surface area contributed by atoms with Gasteiger partial charge in [-0.1, -0.05) is 44.4 Å². The smallest absolute Gasteiger partial charge is 0.408 e. The summed E-state index contributed by atoms with van der Waals surface area (Å²) in [5.41, 5.74) is 2.00. The summed E-state index contributed by atoms with van der Waals surface area (Å²) < 4.78 is 5.31. The van der Waals surface area contributed by atoms with E-state index in [0.29, 0.717) is 0 Å². The summed E-state index contributed by atoms with van der Waals surface area (Å²) in [7, 11) is 0. The first-order chi connectivity index (χ1) is 16.9. The fourth-order valence-corrected chi connectivity index (χ4v) is 5.00. The molecule has 200 valence electrons. The topological polar surface area (TPSA) is 108 Å². The number of carbonyl (C=O) groups is 3. The van der Waals surface area contributed by atoms with E-state index in [1.807, 2.05) is 39.0 Å². The molecule has 0 spiro atoms. The number of amides is 3. The van der Waals surface area contributed by atoms with Gasteiger partial charge in [-0.3, -0.25) is 9.59 Å². The molecule has 0 radical (unpaired) electrons. The highest BCUT2D eigenvalue weighted by Crippen LogP contribution is 2.41. The van der Waals surface area contributed by atoms with Gasteiger partial charge in [-0.05, 0) is 76.5 Å². The number of aliphatic hydroxyl groups excluding tert-OH is 1. The van der Waals surface area contributed by atoms with Crippen LogP contribution in [0.1, 0.15) is 89.0 Å². The predicted molar refractivity (Wildman–Crippen MR) is 138 cm³/mol. The largest absolute Gasteiger partial charge is 0.444 e. The fraction of sp³-hybridized carbons (Fsp3) is 0.679. The van der Waals surface area contributed by atoms with Crippen LogP contribution < -0.4 is 10.6 Å². The molecular formula is C28H43N3O5. The SMILES string of the molecule is Cc1cccc(C(C(=O)NC2CCCCC2)N(C(=O)C(CO)NC(=O)OC(C)(C)C)C2CC2C)c1C.